The van der Waals surface area contributed by atoms with Gasteiger partial charge in [0.2, 0.25) is 5.78 Å². The van der Waals surface area contributed by atoms with Gasteiger partial charge in [-0.3, -0.25) is 4.79 Å². The molecule has 0 aliphatic carbocycles. The predicted octanol–water partition coefficient (Wildman–Crippen LogP) is 3.77. The summed E-state index contributed by atoms with van der Waals surface area (Å²) in [5.74, 6) is 0.0616. The fraction of sp³-hybridized carbons (Fsp3) is 0.0556. The third-order valence-electron chi connectivity index (χ3n) is 3.29. The fourth-order valence-electron chi connectivity index (χ4n) is 2.28. The SMILES string of the molecule is O=C(c1ccccc1)c1cccn1Cc1ccccc1. The molecule has 1 aromatic heterocycles. The summed E-state index contributed by atoms with van der Waals surface area (Å²) in [6.45, 7) is 0.710. The minimum absolute atomic E-state index is 0.0616. The molecule has 2 nitrogen and oxygen atoms in total. The van der Waals surface area contributed by atoms with E-state index in [9.17, 15) is 4.79 Å². The number of hydrogen-bond donors (Lipinski definition) is 0. The Hall–Kier alpha value is -2.61. The third-order valence-corrected chi connectivity index (χ3v) is 3.29. The molecule has 2 aromatic carbocycles. The van der Waals surface area contributed by atoms with Gasteiger partial charge in [-0.25, -0.2) is 0 Å². The monoisotopic (exact) mass is 261 g/mol. The number of carbonyl (C=O) groups is 1. The second-order valence-corrected chi connectivity index (χ2v) is 4.70. The molecular formula is C18H15NO. The van der Waals surface area contributed by atoms with Crippen molar-refractivity contribution in [2.24, 2.45) is 0 Å². The van der Waals surface area contributed by atoms with Gasteiger partial charge in [0, 0.05) is 18.3 Å². The van der Waals surface area contributed by atoms with Crippen LogP contribution in [0.5, 0.6) is 0 Å². The van der Waals surface area contributed by atoms with Crippen LogP contribution in [0.15, 0.2) is 79.0 Å². The van der Waals surface area contributed by atoms with Crippen molar-refractivity contribution < 1.29 is 4.79 Å². The average molecular weight is 261 g/mol. The first-order valence-electron chi connectivity index (χ1n) is 6.63. The molecule has 3 rings (SSSR count). The largest absolute Gasteiger partial charge is 0.340 e. The Morgan fingerprint density at radius 3 is 2.15 bits per heavy atom. The molecule has 0 N–H and O–H groups in total. The lowest BCUT2D eigenvalue weighted by Gasteiger charge is -2.08. The van der Waals surface area contributed by atoms with Crippen LogP contribution in [0, 0.1) is 0 Å². The maximum atomic E-state index is 12.5. The number of ketones is 1. The predicted molar refractivity (Wildman–Crippen MR) is 79.9 cm³/mol. The zero-order valence-electron chi connectivity index (χ0n) is 11.1. The number of aromatic nitrogens is 1. The summed E-state index contributed by atoms with van der Waals surface area (Å²) in [5.41, 5.74) is 2.63. The van der Waals surface area contributed by atoms with Crippen molar-refractivity contribution in [2.45, 2.75) is 6.54 Å². The number of carbonyl (C=O) groups excluding carboxylic acids is 1. The van der Waals surface area contributed by atoms with Gasteiger partial charge in [-0.1, -0.05) is 60.7 Å². The van der Waals surface area contributed by atoms with Gasteiger partial charge >= 0.3 is 0 Å². The summed E-state index contributed by atoms with van der Waals surface area (Å²) in [5, 5.41) is 0. The Balaban J connectivity index is 1.89. The number of benzene rings is 2. The Bertz CT molecular complexity index is 699. The minimum Gasteiger partial charge on any atom is -0.340 e. The quantitative estimate of drug-likeness (QED) is 0.655. The zero-order chi connectivity index (χ0) is 13.8. The molecule has 0 fully saturated rings. The molecule has 20 heavy (non-hydrogen) atoms. The molecule has 3 aromatic rings. The summed E-state index contributed by atoms with van der Waals surface area (Å²) < 4.78 is 1.99. The van der Waals surface area contributed by atoms with Gasteiger partial charge in [0.15, 0.2) is 0 Å². The van der Waals surface area contributed by atoms with E-state index in [1.807, 2.05) is 71.4 Å². The number of nitrogens with zero attached hydrogens (tertiary/aromatic N) is 1. The van der Waals surface area contributed by atoms with Gasteiger partial charge in [0.25, 0.3) is 0 Å². The van der Waals surface area contributed by atoms with Crippen molar-refractivity contribution in [2.75, 3.05) is 0 Å². The fourth-order valence-corrected chi connectivity index (χ4v) is 2.28. The molecule has 2 heteroatoms. The van der Waals surface area contributed by atoms with E-state index in [1.54, 1.807) is 0 Å². The first kappa shape index (κ1) is 12.4. The van der Waals surface area contributed by atoms with Crippen molar-refractivity contribution in [3.05, 3.63) is 95.8 Å². The van der Waals surface area contributed by atoms with Crippen LogP contribution >= 0.6 is 0 Å². The maximum Gasteiger partial charge on any atom is 0.209 e. The molecule has 0 radical (unpaired) electrons. The average Bonchev–Trinajstić information content (AvgIpc) is 2.96. The van der Waals surface area contributed by atoms with Crippen LogP contribution < -0.4 is 0 Å². The molecule has 0 spiro atoms. The summed E-state index contributed by atoms with van der Waals surface area (Å²) in [7, 11) is 0. The molecule has 1 heterocycles. The Morgan fingerprint density at radius 2 is 1.45 bits per heavy atom. The molecule has 0 unspecified atom stereocenters. The normalized spacial score (nSPS) is 10.4. The van der Waals surface area contributed by atoms with Crippen LogP contribution in [0.4, 0.5) is 0 Å². The summed E-state index contributed by atoms with van der Waals surface area (Å²) >= 11 is 0. The van der Waals surface area contributed by atoms with E-state index in [-0.39, 0.29) is 5.78 Å². The molecule has 0 bridgehead atoms. The van der Waals surface area contributed by atoms with Crippen molar-refractivity contribution in [3.8, 4) is 0 Å². The van der Waals surface area contributed by atoms with Crippen molar-refractivity contribution >= 4 is 5.78 Å². The van der Waals surface area contributed by atoms with Crippen LogP contribution in [0.25, 0.3) is 0 Å². The van der Waals surface area contributed by atoms with Gasteiger partial charge < -0.3 is 4.57 Å². The van der Waals surface area contributed by atoms with Crippen LogP contribution in [0.3, 0.4) is 0 Å². The molecule has 0 saturated carbocycles. The Kier molecular flexibility index (Phi) is 3.46. The van der Waals surface area contributed by atoms with E-state index in [2.05, 4.69) is 12.1 Å². The van der Waals surface area contributed by atoms with Crippen molar-refractivity contribution in [3.63, 3.8) is 0 Å². The summed E-state index contributed by atoms with van der Waals surface area (Å²) in [6.07, 6.45) is 1.95. The summed E-state index contributed by atoms with van der Waals surface area (Å²) in [4.78, 5) is 12.5. The standard InChI is InChI=1S/C18H15NO/c20-18(16-10-5-2-6-11-16)17-12-7-13-19(17)14-15-8-3-1-4-9-15/h1-13H,14H2. The van der Waals surface area contributed by atoms with Gasteiger partial charge in [-0.2, -0.15) is 0 Å². The highest BCUT2D eigenvalue weighted by molar-refractivity contribution is 6.07. The van der Waals surface area contributed by atoms with Crippen molar-refractivity contribution in [1.82, 2.24) is 4.57 Å². The third kappa shape index (κ3) is 2.54. The van der Waals surface area contributed by atoms with Crippen LogP contribution in [0.1, 0.15) is 21.6 Å². The lowest BCUT2D eigenvalue weighted by Crippen LogP contribution is -2.10. The molecule has 0 saturated heterocycles. The minimum atomic E-state index is 0.0616. The highest BCUT2D eigenvalue weighted by Crippen LogP contribution is 2.13. The molecule has 98 valence electrons. The van der Waals surface area contributed by atoms with Gasteiger partial charge in [-0.05, 0) is 17.7 Å². The van der Waals surface area contributed by atoms with E-state index < -0.39 is 0 Å². The zero-order valence-corrected chi connectivity index (χ0v) is 11.1. The van der Waals surface area contributed by atoms with E-state index in [1.165, 1.54) is 5.56 Å². The Morgan fingerprint density at radius 1 is 0.800 bits per heavy atom. The second kappa shape index (κ2) is 5.57. The molecule has 0 aliphatic heterocycles. The second-order valence-electron chi connectivity index (χ2n) is 4.70. The summed E-state index contributed by atoms with van der Waals surface area (Å²) in [6, 6.07) is 23.3. The lowest BCUT2D eigenvalue weighted by atomic mass is 10.1. The first-order chi connectivity index (χ1) is 9.84. The molecule has 0 atom stereocenters. The van der Waals surface area contributed by atoms with Gasteiger partial charge in [0.05, 0.1) is 5.69 Å². The van der Waals surface area contributed by atoms with Crippen LogP contribution in [0.2, 0.25) is 0 Å². The van der Waals surface area contributed by atoms with E-state index >= 15 is 0 Å². The first-order valence-corrected chi connectivity index (χ1v) is 6.63. The van der Waals surface area contributed by atoms with Gasteiger partial charge in [0.1, 0.15) is 0 Å². The molecule has 0 aliphatic rings. The van der Waals surface area contributed by atoms with E-state index in [0.29, 0.717) is 6.54 Å². The Labute approximate surface area is 118 Å². The van der Waals surface area contributed by atoms with E-state index in [0.717, 1.165) is 11.3 Å². The maximum absolute atomic E-state index is 12.5. The molecular weight excluding hydrogens is 246 g/mol. The van der Waals surface area contributed by atoms with Crippen molar-refractivity contribution in [1.29, 1.82) is 0 Å². The smallest absolute Gasteiger partial charge is 0.209 e. The van der Waals surface area contributed by atoms with Gasteiger partial charge in [-0.15, -0.1) is 0 Å². The lowest BCUT2D eigenvalue weighted by molar-refractivity contribution is 0.103. The highest BCUT2D eigenvalue weighted by Gasteiger charge is 2.12. The number of hydrogen-bond acceptors (Lipinski definition) is 1. The topological polar surface area (TPSA) is 22.0 Å². The van der Waals surface area contributed by atoms with E-state index in [4.69, 9.17) is 0 Å². The van der Waals surface area contributed by atoms with Crippen LogP contribution in [-0.2, 0) is 6.54 Å². The number of rotatable bonds is 4. The van der Waals surface area contributed by atoms with Crippen LogP contribution in [-0.4, -0.2) is 10.4 Å². The molecule has 0 amide bonds. The highest BCUT2D eigenvalue weighted by atomic mass is 16.1.